The number of anilines is 1. The SMILES string of the molecule is CCCOc1ccccc1NC1COC(C)(C)OC1. The smallest absolute Gasteiger partial charge is 0.162 e. The van der Waals surface area contributed by atoms with Gasteiger partial charge in [-0.3, -0.25) is 0 Å². The van der Waals surface area contributed by atoms with Crippen LogP contribution in [0, 0.1) is 0 Å². The molecule has 0 aromatic heterocycles. The molecule has 1 fully saturated rings. The zero-order valence-corrected chi connectivity index (χ0v) is 11.9. The normalized spacial score (nSPS) is 19.1. The Hall–Kier alpha value is -1.26. The van der Waals surface area contributed by atoms with Crippen LogP contribution in [0.5, 0.6) is 5.75 Å². The first-order valence-corrected chi connectivity index (χ1v) is 6.87. The molecule has 1 heterocycles. The van der Waals surface area contributed by atoms with Gasteiger partial charge in [-0.25, -0.2) is 0 Å². The Labute approximate surface area is 115 Å². The molecule has 1 N–H and O–H groups in total. The van der Waals surface area contributed by atoms with E-state index in [0.717, 1.165) is 24.5 Å². The fraction of sp³-hybridized carbons (Fsp3) is 0.600. The highest BCUT2D eigenvalue weighted by molar-refractivity contribution is 5.56. The molecular formula is C15H23NO3. The van der Waals surface area contributed by atoms with Crippen LogP contribution in [-0.2, 0) is 9.47 Å². The lowest BCUT2D eigenvalue weighted by atomic mass is 10.2. The van der Waals surface area contributed by atoms with Crippen molar-refractivity contribution in [3.63, 3.8) is 0 Å². The summed E-state index contributed by atoms with van der Waals surface area (Å²) in [7, 11) is 0. The first-order valence-electron chi connectivity index (χ1n) is 6.87. The maximum Gasteiger partial charge on any atom is 0.162 e. The summed E-state index contributed by atoms with van der Waals surface area (Å²) in [6, 6.07) is 8.12. The predicted octanol–water partition coefficient (Wildman–Crippen LogP) is 3.04. The summed E-state index contributed by atoms with van der Waals surface area (Å²) in [6.45, 7) is 7.96. The summed E-state index contributed by atoms with van der Waals surface area (Å²) in [5.41, 5.74) is 0.993. The molecule has 0 unspecified atom stereocenters. The van der Waals surface area contributed by atoms with Crippen LogP contribution in [0.3, 0.4) is 0 Å². The quantitative estimate of drug-likeness (QED) is 0.888. The van der Waals surface area contributed by atoms with Gasteiger partial charge in [-0.1, -0.05) is 19.1 Å². The van der Waals surface area contributed by atoms with Crippen molar-refractivity contribution in [1.82, 2.24) is 0 Å². The number of rotatable bonds is 5. The van der Waals surface area contributed by atoms with E-state index < -0.39 is 5.79 Å². The van der Waals surface area contributed by atoms with Gasteiger partial charge in [-0.15, -0.1) is 0 Å². The van der Waals surface area contributed by atoms with Crippen LogP contribution < -0.4 is 10.1 Å². The molecule has 0 radical (unpaired) electrons. The van der Waals surface area contributed by atoms with Crippen LogP contribution in [0.15, 0.2) is 24.3 Å². The van der Waals surface area contributed by atoms with Gasteiger partial charge >= 0.3 is 0 Å². The van der Waals surface area contributed by atoms with Crippen molar-refractivity contribution in [3.05, 3.63) is 24.3 Å². The van der Waals surface area contributed by atoms with Gasteiger partial charge in [0.25, 0.3) is 0 Å². The highest BCUT2D eigenvalue weighted by Crippen LogP contribution is 2.26. The summed E-state index contributed by atoms with van der Waals surface area (Å²) in [5.74, 6) is 0.408. The summed E-state index contributed by atoms with van der Waals surface area (Å²) in [6.07, 6.45) is 0.998. The minimum Gasteiger partial charge on any atom is -0.491 e. The van der Waals surface area contributed by atoms with E-state index in [1.807, 2.05) is 38.1 Å². The molecule has 2 rings (SSSR count). The van der Waals surface area contributed by atoms with Crippen molar-refractivity contribution in [3.8, 4) is 5.75 Å². The first kappa shape index (κ1) is 14.2. The van der Waals surface area contributed by atoms with Crippen LogP contribution in [-0.4, -0.2) is 31.6 Å². The van der Waals surface area contributed by atoms with Gasteiger partial charge in [0, 0.05) is 0 Å². The van der Waals surface area contributed by atoms with E-state index in [1.54, 1.807) is 0 Å². The molecule has 0 amide bonds. The molecule has 19 heavy (non-hydrogen) atoms. The average Bonchev–Trinajstić information content (AvgIpc) is 2.40. The van der Waals surface area contributed by atoms with E-state index in [9.17, 15) is 0 Å². The van der Waals surface area contributed by atoms with Crippen molar-refractivity contribution in [2.75, 3.05) is 25.1 Å². The van der Waals surface area contributed by atoms with Crippen LogP contribution in [0.1, 0.15) is 27.2 Å². The largest absolute Gasteiger partial charge is 0.491 e. The van der Waals surface area contributed by atoms with Crippen LogP contribution in [0.2, 0.25) is 0 Å². The van der Waals surface area contributed by atoms with Crippen molar-refractivity contribution >= 4 is 5.69 Å². The van der Waals surface area contributed by atoms with E-state index >= 15 is 0 Å². The number of hydrogen-bond acceptors (Lipinski definition) is 4. The fourth-order valence-electron chi connectivity index (χ4n) is 1.92. The maximum absolute atomic E-state index is 5.72. The van der Waals surface area contributed by atoms with Crippen molar-refractivity contribution in [2.24, 2.45) is 0 Å². The predicted molar refractivity (Wildman–Crippen MR) is 75.6 cm³/mol. The Morgan fingerprint density at radius 2 is 1.95 bits per heavy atom. The molecular weight excluding hydrogens is 242 g/mol. The topological polar surface area (TPSA) is 39.7 Å². The molecule has 1 aliphatic rings. The molecule has 106 valence electrons. The van der Waals surface area contributed by atoms with E-state index in [2.05, 4.69) is 12.2 Å². The molecule has 1 aromatic rings. The number of para-hydroxylation sites is 2. The van der Waals surface area contributed by atoms with Crippen molar-refractivity contribution in [1.29, 1.82) is 0 Å². The number of nitrogens with one attached hydrogen (secondary N) is 1. The molecule has 0 atom stereocenters. The molecule has 4 heteroatoms. The molecule has 1 saturated heterocycles. The van der Waals surface area contributed by atoms with Gasteiger partial charge in [0.15, 0.2) is 5.79 Å². The molecule has 0 spiro atoms. The third kappa shape index (κ3) is 4.11. The molecule has 0 bridgehead atoms. The summed E-state index contributed by atoms with van der Waals surface area (Å²) in [4.78, 5) is 0. The molecule has 1 aromatic carbocycles. The standard InChI is InChI=1S/C15H23NO3/c1-4-9-17-14-8-6-5-7-13(14)16-12-10-18-15(2,3)19-11-12/h5-8,12,16H,4,9-11H2,1-3H3. The van der Waals surface area contributed by atoms with E-state index in [0.29, 0.717) is 13.2 Å². The first-order chi connectivity index (χ1) is 9.11. The third-order valence-corrected chi connectivity index (χ3v) is 2.97. The zero-order chi connectivity index (χ0) is 13.7. The van der Waals surface area contributed by atoms with E-state index in [-0.39, 0.29) is 6.04 Å². The van der Waals surface area contributed by atoms with Crippen LogP contribution in [0.4, 0.5) is 5.69 Å². The van der Waals surface area contributed by atoms with Gasteiger partial charge < -0.3 is 19.5 Å². The lowest BCUT2D eigenvalue weighted by Gasteiger charge is -2.35. The molecule has 4 nitrogen and oxygen atoms in total. The lowest BCUT2D eigenvalue weighted by molar-refractivity contribution is -0.247. The van der Waals surface area contributed by atoms with Crippen molar-refractivity contribution in [2.45, 2.75) is 39.0 Å². The van der Waals surface area contributed by atoms with Gasteiger partial charge in [0.2, 0.25) is 0 Å². The van der Waals surface area contributed by atoms with E-state index in [1.165, 1.54) is 0 Å². The number of benzene rings is 1. The molecule has 0 aliphatic carbocycles. The van der Waals surface area contributed by atoms with Gasteiger partial charge in [0.05, 0.1) is 31.5 Å². The van der Waals surface area contributed by atoms with Gasteiger partial charge in [-0.05, 0) is 32.4 Å². The number of ether oxygens (including phenoxy) is 3. The zero-order valence-electron chi connectivity index (χ0n) is 11.9. The van der Waals surface area contributed by atoms with Crippen LogP contribution in [0.25, 0.3) is 0 Å². The second-order valence-corrected chi connectivity index (χ2v) is 5.21. The highest BCUT2D eigenvalue weighted by atomic mass is 16.7. The summed E-state index contributed by atoms with van der Waals surface area (Å²) < 4.78 is 17.0. The monoisotopic (exact) mass is 265 g/mol. The fourth-order valence-corrected chi connectivity index (χ4v) is 1.92. The Balaban J connectivity index is 1.95. The third-order valence-electron chi connectivity index (χ3n) is 2.97. The minimum atomic E-state index is -0.476. The summed E-state index contributed by atoms with van der Waals surface area (Å²) in [5, 5.41) is 3.42. The molecule has 0 saturated carbocycles. The summed E-state index contributed by atoms with van der Waals surface area (Å²) >= 11 is 0. The Kier molecular flexibility index (Phi) is 4.66. The average molecular weight is 265 g/mol. The van der Waals surface area contributed by atoms with Crippen LogP contribution >= 0.6 is 0 Å². The second kappa shape index (κ2) is 6.26. The lowest BCUT2D eigenvalue weighted by Crippen LogP contribution is -2.45. The van der Waals surface area contributed by atoms with Gasteiger partial charge in [0.1, 0.15) is 5.75 Å². The van der Waals surface area contributed by atoms with Crippen molar-refractivity contribution < 1.29 is 14.2 Å². The minimum absolute atomic E-state index is 0.152. The Morgan fingerprint density at radius 3 is 2.63 bits per heavy atom. The Morgan fingerprint density at radius 1 is 1.26 bits per heavy atom. The number of hydrogen-bond donors (Lipinski definition) is 1. The van der Waals surface area contributed by atoms with Gasteiger partial charge in [-0.2, -0.15) is 0 Å². The maximum atomic E-state index is 5.72. The highest BCUT2D eigenvalue weighted by Gasteiger charge is 2.28. The molecule has 1 aliphatic heterocycles. The second-order valence-electron chi connectivity index (χ2n) is 5.21. The Bertz CT molecular complexity index is 396. The van der Waals surface area contributed by atoms with E-state index in [4.69, 9.17) is 14.2 Å².